The summed E-state index contributed by atoms with van der Waals surface area (Å²) in [5.74, 6) is -1.87. The number of hydrogen-bond acceptors (Lipinski definition) is 9. The Morgan fingerprint density at radius 3 is 2.63 bits per heavy atom. The summed E-state index contributed by atoms with van der Waals surface area (Å²) in [5, 5.41) is 6.04. The monoisotopic (exact) mass is 761 g/mol. The molecule has 4 heterocycles. The maximum Gasteiger partial charge on any atom is 0.407 e. The minimum Gasteiger partial charge on any atom is -0.472 e. The zero-order valence-corrected chi connectivity index (χ0v) is 31.9. The van der Waals surface area contributed by atoms with Gasteiger partial charge < -0.3 is 25.0 Å². The number of nitrogens with one attached hydrogen (secondary N) is 3. The number of ether oxygens (including phenoxy) is 2. The lowest BCUT2D eigenvalue weighted by molar-refractivity contribution is -0.141. The van der Waals surface area contributed by atoms with Crippen molar-refractivity contribution in [1.82, 2.24) is 25.2 Å². The van der Waals surface area contributed by atoms with Crippen molar-refractivity contribution in [3.05, 3.63) is 54.1 Å². The molecule has 290 valence electrons. The van der Waals surface area contributed by atoms with Gasteiger partial charge in [0.1, 0.15) is 23.7 Å². The lowest BCUT2D eigenvalue weighted by atomic mass is 9.88. The molecule has 1 saturated heterocycles. The van der Waals surface area contributed by atoms with E-state index in [0.717, 1.165) is 48.6 Å². The molecule has 3 aliphatic heterocycles. The van der Waals surface area contributed by atoms with Gasteiger partial charge in [-0.1, -0.05) is 69.2 Å². The van der Waals surface area contributed by atoms with Crippen LogP contribution in [-0.2, 0) is 29.1 Å². The molecule has 3 N–H and O–H groups in total. The molecule has 3 bridgehead atoms. The number of rotatable bonds is 3. The summed E-state index contributed by atoms with van der Waals surface area (Å²) in [6.07, 6.45) is 13.5. The molecule has 1 aromatic heterocycles. The third-order valence-corrected chi connectivity index (χ3v) is 13.1. The number of benzene rings is 1. The Labute approximate surface area is 316 Å². The molecule has 14 heteroatoms. The Bertz CT molecular complexity index is 1960. The van der Waals surface area contributed by atoms with Crippen LogP contribution in [-0.4, -0.2) is 84.2 Å². The van der Waals surface area contributed by atoms with Crippen molar-refractivity contribution in [2.45, 2.75) is 120 Å². The minimum atomic E-state index is -3.88. The first-order valence-corrected chi connectivity index (χ1v) is 20.9. The van der Waals surface area contributed by atoms with E-state index < -0.39 is 68.7 Å². The van der Waals surface area contributed by atoms with Crippen molar-refractivity contribution in [3.8, 4) is 5.88 Å². The molecular formula is C40H51N5O8S. The number of carbonyl (C=O) groups excluding carboxylic acids is 4. The smallest absolute Gasteiger partial charge is 0.407 e. The third-order valence-electron chi connectivity index (χ3n) is 11.2. The van der Waals surface area contributed by atoms with Gasteiger partial charge >= 0.3 is 6.09 Å². The number of fused-ring (bicyclic) bond motifs is 5. The molecule has 54 heavy (non-hydrogen) atoms. The van der Waals surface area contributed by atoms with E-state index in [-0.39, 0.29) is 31.4 Å². The van der Waals surface area contributed by atoms with Crippen molar-refractivity contribution >= 4 is 50.8 Å². The average molecular weight is 762 g/mol. The molecule has 5 aliphatic rings. The molecule has 7 rings (SSSR count). The lowest BCUT2D eigenvalue weighted by Gasteiger charge is -2.30. The van der Waals surface area contributed by atoms with Gasteiger partial charge in [-0.05, 0) is 75.3 Å². The van der Waals surface area contributed by atoms with Crippen LogP contribution in [0.1, 0.15) is 96.5 Å². The first kappa shape index (κ1) is 37.8. The Balaban J connectivity index is 1.24. The normalized spacial score (nSPS) is 29.5. The summed E-state index contributed by atoms with van der Waals surface area (Å²) in [5.41, 5.74) is -0.286. The Hall–Kier alpha value is -4.46. The van der Waals surface area contributed by atoms with Gasteiger partial charge in [0.2, 0.25) is 27.7 Å². The molecule has 5 atom stereocenters. The van der Waals surface area contributed by atoms with Gasteiger partial charge in [0.15, 0.2) is 0 Å². The summed E-state index contributed by atoms with van der Waals surface area (Å²) < 4.78 is 40.2. The zero-order valence-electron chi connectivity index (χ0n) is 31.1. The first-order valence-electron chi connectivity index (χ1n) is 19.4. The third kappa shape index (κ3) is 8.58. The van der Waals surface area contributed by atoms with Crippen LogP contribution in [0.25, 0.3) is 17.0 Å². The van der Waals surface area contributed by atoms with E-state index in [1.807, 2.05) is 62.4 Å². The number of aromatic nitrogens is 1. The first-order chi connectivity index (χ1) is 25.8. The second-order valence-electron chi connectivity index (χ2n) is 16.3. The average Bonchev–Trinajstić information content (AvgIpc) is 4.06. The van der Waals surface area contributed by atoms with E-state index in [1.54, 1.807) is 0 Å². The van der Waals surface area contributed by atoms with Crippen LogP contribution in [0.5, 0.6) is 5.88 Å². The quantitative estimate of drug-likeness (QED) is 0.368. The van der Waals surface area contributed by atoms with Gasteiger partial charge in [0.05, 0.1) is 23.9 Å². The summed E-state index contributed by atoms with van der Waals surface area (Å²) in [7, 11) is -3.88. The van der Waals surface area contributed by atoms with Crippen LogP contribution in [0.4, 0.5) is 4.79 Å². The van der Waals surface area contributed by atoms with Crippen molar-refractivity contribution < 1.29 is 37.1 Å². The van der Waals surface area contributed by atoms with Gasteiger partial charge in [-0.25, -0.2) is 18.2 Å². The maximum atomic E-state index is 14.6. The van der Waals surface area contributed by atoms with Gasteiger partial charge in [-0.3, -0.25) is 19.1 Å². The number of para-hydroxylation sites is 1. The summed E-state index contributed by atoms with van der Waals surface area (Å²) in [4.78, 5) is 62.2. The van der Waals surface area contributed by atoms with Crippen molar-refractivity contribution in [2.75, 3.05) is 13.2 Å². The minimum absolute atomic E-state index is 0.0213. The standard InChI is InChI=1S/C40H51N5O8S/c1-39(2)20-12-6-7-14-27-21-26-13-10-11-16-31(26)41-35(27)53-29-22-33-34(46)43-40(37(48)44-54(50,51)30-18-19-30)23-28(40)15-8-4-3-5-9-17-32(36(47)45(33)24-29)42-38(49)52-25-39/h7-8,10-11,13-16,21,28-30,32-33H,3-6,9,12,17-20,22-25H2,1-2H3,(H,42,49)(H,43,46)(H,44,48). The summed E-state index contributed by atoms with van der Waals surface area (Å²) >= 11 is 0. The highest BCUT2D eigenvalue weighted by atomic mass is 32.2. The molecule has 0 spiro atoms. The fraction of sp³-hybridized carbons (Fsp3) is 0.575. The van der Waals surface area contributed by atoms with Gasteiger partial charge in [-0.15, -0.1) is 0 Å². The molecular weight excluding hydrogens is 711 g/mol. The fourth-order valence-corrected chi connectivity index (χ4v) is 9.12. The van der Waals surface area contributed by atoms with Crippen LogP contribution in [0.15, 0.2) is 48.6 Å². The van der Waals surface area contributed by atoms with Crippen LogP contribution in [0, 0.1) is 11.3 Å². The van der Waals surface area contributed by atoms with Crippen molar-refractivity contribution in [2.24, 2.45) is 11.3 Å². The fourth-order valence-electron chi connectivity index (χ4n) is 7.76. The number of cyclic esters (lactones) is 1. The highest BCUT2D eigenvalue weighted by Crippen LogP contribution is 2.46. The molecule has 1 aromatic carbocycles. The number of allylic oxidation sites excluding steroid dienone is 2. The largest absolute Gasteiger partial charge is 0.472 e. The predicted molar refractivity (Wildman–Crippen MR) is 203 cm³/mol. The molecule has 5 unspecified atom stereocenters. The number of hydrogen-bond donors (Lipinski definition) is 3. The van der Waals surface area contributed by atoms with E-state index in [1.165, 1.54) is 4.90 Å². The molecule has 2 aliphatic carbocycles. The van der Waals surface area contributed by atoms with Crippen molar-refractivity contribution in [3.63, 3.8) is 0 Å². The predicted octanol–water partition coefficient (Wildman–Crippen LogP) is 4.90. The Kier molecular flexibility index (Phi) is 10.8. The Morgan fingerprint density at radius 1 is 1.02 bits per heavy atom. The number of carbonyl (C=O) groups is 4. The number of amides is 4. The highest BCUT2D eigenvalue weighted by Gasteiger charge is 2.62. The molecule has 13 nitrogen and oxygen atoms in total. The number of sulfonamides is 1. The number of alkyl carbamates (subject to hydrolysis) is 1. The number of nitrogens with zero attached hydrogens (tertiary/aromatic N) is 2. The summed E-state index contributed by atoms with van der Waals surface area (Å²) in [6.45, 7) is 4.27. The van der Waals surface area contributed by atoms with E-state index >= 15 is 0 Å². The SMILES string of the molecule is CC1(C)CCCC=Cc2cc3ccccc3nc2OC2CC3C(=O)NC4(C(=O)NS(=O)(=O)C5CC5)CC4C=CCCCCCC(NC(=O)OC1)C(=O)N3C2. The van der Waals surface area contributed by atoms with E-state index in [2.05, 4.69) is 21.4 Å². The van der Waals surface area contributed by atoms with Crippen LogP contribution < -0.4 is 20.1 Å². The van der Waals surface area contributed by atoms with E-state index in [9.17, 15) is 27.6 Å². The molecule has 2 aromatic rings. The molecule has 3 fully saturated rings. The van der Waals surface area contributed by atoms with Crippen LogP contribution in [0.3, 0.4) is 0 Å². The van der Waals surface area contributed by atoms with Gasteiger partial charge in [-0.2, -0.15) is 0 Å². The van der Waals surface area contributed by atoms with E-state index in [4.69, 9.17) is 14.5 Å². The second kappa shape index (κ2) is 15.3. The Morgan fingerprint density at radius 2 is 1.81 bits per heavy atom. The maximum absolute atomic E-state index is 14.6. The van der Waals surface area contributed by atoms with Crippen molar-refractivity contribution in [1.29, 1.82) is 0 Å². The van der Waals surface area contributed by atoms with Crippen LogP contribution in [0.2, 0.25) is 0 Å². The molecule has 2 saturated carbocycles. The highest BCUT2D eigenvalue weighted by molar-refractivity contribution is 7.91. The summed E-state index contributed by atoms with van der Waals surface area (Å²) in [6, 6.07) is 7.69. The molecule has 0 radical (unpaired) electrons. The van der Waals surface area contributed by atoms with Crippen LogP contribution >= 0.6 is 0 Å². The van der Waals surface area contributed by atoms with Gasteiger partial charge in [0, 0.05) is 23.3 Å². The zero-order chi connectivity index (χ0) is 38.1. The van der Waals surface area contributed by atoms with Gasteiger partial charge in [0.25, 0.3) is 5.91 Å². The van der Waals surface area contributed by atoms with E-state index in [0.29, 0.717) is 38.0 Å². The topological polar surface area (TPSA) is 173 Å². The lowest BCUT2D eigenvalue weighted by Crippen LogP contribution is -2.58. The molecule has 4 amide bonds. The number of pyridine rings is 1. The second-order valence-corrected chi connectivity index (χ2v) is 18.3.